The fraction of sp³-hybridized carbons (Fsp3) is 0.333. The number of rotatable bonds is 11. The summed E-state index contributed by atoms with van der Waals surface area (Å²) in [7, 11) is 0. The lowest BCUT2D eigenvalue weighted by molar-refractivity contribution is 0.120. The molecule has 37 heavy (non-hydrogen) atoms. The maximum atomic E-state index is 8.94. The van der Waals surface area contributed by atoms with Crippen molar-refractivity contribution in [1.29, 1.82) is 10.5 Å². The molecule has 0 amide bonds. The molecular weight excluding hydrogens is 484 g/mol. The van der Waals surface area contributed by atoms with Crippen molar-refractivity contribution in [3.8, 4) is 34.8 Å². The Morgan fingerprint density at radius 1 is 0.568 bits per heavy atom. The molecule has 0 aliphatic carbocycles. The number of hydrogen-bond acceptors (Lipinski definition) is 6. The zero-order valence-corrected chi connectivity index (χ0v) is 21.8. The molecule has 0 radical (unpaired) electrons. The van der Waals surface area contributed by atoms with Crippen LogP contribution < -0.4 is 9.47 Å². The molecule has 7 heteroatoms. The summed E-state index contributed by atoms with van der Waals surface area (Å²) in [6.07, 6.45) is 2.01. The Balaban J connectivity index is 0.00000380. The molecule has 0 unspecified atom stereocenters. The summed E-state index contributed by atoms with van der Waals surface area (Å²) in [6.45, 7) is 7.88. The van der Waals surface area contributed by atoms with Crippen LogP contribution in [-0.4, -0.2) is 62.3 Å². The van der Waals surface area contributed by atoms with E-state index in [-0.39, 0.29) is 12.4 Å². The highest BCUT2D eigenvalue weighted by Gasteiger charge is 2.16. The van der Waals surface area contributed by atoms with Crippen molar-refractivity contribution in [2.45, 2.75) is 12.8 Å². The zero-order chi connectivity index (χ0) is 25.0. The molecule has 6 nitrogen and oxygen atoms in total. The van der Waals surface area contributed by atoms with E-state index in [4.69, 9.17) is 20.0 Å². The van der Waals surface area contributed by atoms with Crippen LogP contribution in [0, 0.1) is 22.7 Å². The van der Waals surface area contributed by atoms with Crippen molar-refractivity contribution in [3.05, 3.63) is 83.9 Å². The third-order valence-corrected chi connectivity index (χ3v) is 6.42. The van der Waals surface area contributed by atoms with Crippen molar-refractivity contribution in [1.82, 2.24) is 9.80 Å². The minimum Gasteiger partial charge on any atom is -0.494 e. The second-order valence-electron chi connectivity index (χ2n) is 8.94. The minimum absolute atomic E-state index is 0. The van der Waals surface area contributed by atoms with Crippen molar-refractivity contribution in [2.24, 2.45) is 0 Å². The van der Waals surface area contributed by atoms with E-state index in [0.29, 0.717) is 24.3 Å². The fourth-order valence-corrected chi connectivity index (χ4v) is 4.30. The van der Waals surface area contributed by atoms with E-state index in [1.807, 2.05) is 48.5 Å². The van der Waals surface area contributed by atoms with Gasteiger partial charge in [-0.1, -0.05) is 24.3 Å². The van der Waals surface area contributed by atoms with Crippen LogP contribution in [0.2, 0.25) is 0 Å². The lowest BCUT2D eigenvalue weighted by Gasteiger charge is -2.34. The second kappa shape index (κ2) is 14.9. The van der Waals surface area contributed by atoms with E-state index >= 15 is 0 Å². The maximum Gasteiger partial charge on any atom is 0.119 e. The SMILES string of the molecule is Cl.N#Cc1ccc(OCCCN2CCN(CCCOc3ccc(-c4ccc(C#N)cc4)cc3)CC2)cc1. The predicted molar refractivity (Wildman–Crippen MR) is 148 cm³/mol. The van der Waals surface area contributed by atoms with Gasteiger partial charge in [-0.2, -0.15) is 10.5 Å². The van der Waals surface area contributed by atoms with E-state index in [1.165, 1.54) is 0 Å². The van der Waals surface area contributed by atoms with E-state index in [1.54, 1.807) is 12.1 Å². The largest absolute Gasteiger partial charge is 0.494 e. The Bertz CT molecular complexity index is 1160. The van der Waals surface area contributed by atoms with Gasteiger partial charge in [0.2, 0.25) is 0 Å². The van der Waals surface area contributed by atoms with Gasteiger partial charge in [0, 0.05) is 39.3 Å². The summed E-state index contributed by atoms with van der Waals surface area (Å²) in [5.41, 5.74) is 3.54. The molecule has 0 bridgehead atoms. The molecule has 1 fully saturated rings. The van der Waals surface area contributed by atoms with Crippen molar-refractivity contribution < 1.29 is 9.47 Å². The molecule has 1 aliphatic rings. The van der Waals surface area contributed by atoms with Gasteiger partial charge in [-0.05, 0) is 72.5 Å². The van der Waals surface area contributed by atoms with Crippen LogP contribution in [0.15, 0.2) is 72.8 Å². The first-order valence-corrected chi connectivity index (χ1v) is 12.5. The first-order valence-electron chi connectivity index (χ1n) is 12.5. The van der Waals surface area contributed by atoms with Crippen LogP contribution in [0.1, 0.15) is 24.0 Å². The average Bonchev–Trinajstić information content (AvgIpc) is 2.95. The monoisotopic (exact) mass is 516 g/mol. The molecule has 3 aromatic carbocycles. The van der Waals surface area contributed by atoms with Gasteiger partial charge in [-0.25, -0.2) is 0 Å². The Morgan fingerprint density at radius 2 is 0.919 bits per heavy atom. The number of nitrogens with zero attached hydrogens (tertiary/aromatic N) is 4. The molecule has 3 aromatic rings. The van der Waals surface area contributed by atoms with Gasteiger partial charge in [-0.15, -0.1) is 12.4 Å². The third kappa shape index (κ3) is 8.81. The van der Waals surface area contributed by atoms with E-state index < -0.39 is 0 Å². The molecule has 4 rings (SSSR count). The molecule has 1 saturated heterocycles. The number of benzene rings is 3. The van der Waals surface area contributed by atoms with Gasteiger partial charge in [0.05, 0.1) is 36.5 Å². The number of hydrogen-bond donors (Lipinski definition) is 0. The zero-order valence-electron chi connectivity index (χ0n) is 21.0. The summed E-state index contributed by atoms with van der Waals surface area (Å²) in [6, 6.07) is 27.3. The molecule has 0 spiro atoms. The smallest absolute Gasteiger partial charge is 0.119 e. The first kappa shape index (κ1) is 28.0. The van der Waals surface area contributed by atoms with Crippen molar-refractivity contribution in [3.63, 3.8) is 0 Å². The van der Waals surface area contributed by atoms with Gasteiger partial charge in [0.1, 0.15) is 11.5 Å². The van der Waals surface area contributed by atoms with Crippen molar-refractivity contribution in [2.75, 3.05) is 52.5 Å². The van der Waals surface area contributed by atoms with Gasteiger partial charge in [0.25, 0.3) is 0 Å². The van der Waals surface area contributed by atoms with Crippen LogP contribution in [0.3, 0.4) is 0 Å². The van der Waals surface area contributed by atoms with Gasteiger partial charge < -0.3 is 19.3 Å². The fourth-order valence-electron chi connectivity index (χ4n) is 4.30. The van der Waals surface area contributed by atoms with Gasteiger partial charge in [0.15, 0.2) is 0 Å². The molecule has 192 valence electrons. The van der Waals surface area contributed by atoms with E-state index in [9.17, 15) is 0 Å². The minimum atomic E-state index is 0. The third-order valence-electron chi connectivity index (χ3n) is 6.42. The van der Waals surface area contributed by atoms with Gasteiger partial charge in [-0.3, -0.25) is 0 Å². The number of ether oxygens (including phenoxy) is 2. The Hall–Kier alpha value is -3.55. The average molecular weight is 517 g/mol. The first-order chi connectivity index (χ1) is 17.7. The predicted octanol–water partition coefficient (Wildman–Crippen LogP) is 5.37. The van der Waals surface area contributed by atoms with Crippen LogP contribution in [0.4, 0.5) is 0 Å². The molecule has 1 heterocycles. The number of nitriles is 2. The number of piperazine rings is 1. The summed E-state index contributed by atoms with van der Waals surface area (Å²) in [5.74, 6) is 1.71. The Kier molecular flexibility index (Phi) is 11.3. The summed E-state index contributed by atoms with van der Waals surface area (Å²) < 4.78 is 11.7. The summed E-state index contributed by atoms with van der Waals surface area (Å²) in [4.78, 5) is 5.02. The Morgan fingerprint density at radius 3 is 1.32 bits per heavy atom. The highest BCUT2D eigenvalue weighted by Crippen LogP contribution is 2.23. The van der Waals surface area contributed by atoms with E-state index in [0.717, 1.165) is 74.7 Å². The molecule has 0 N–H and O–H groups in total. The maximum absolute atomic E-state index is 8.94. The lowest BCUT2D eigenvalue weighted by atomic mass is 10.0. The Labute approximate surface area is 226 Å². The van der Waals surface area contributed by atoms with Crippen LogP contribution in [0.25, 0.3) is 11.1 Å². The van der Waals surface area contributed by atoms with Crippen molar-refractivity contribution >= 4 is 12.4 Å². The highest BCUT2D eigenvalue weighted by atomic mass is 35.5. The molecule has 0 saturated carbocycles. The van der Waals surface area contributed by atoms with Crippen LogP contribution >= 0.6 is 12.4 Å². The summed E-state index contributed by atoms with van der Waals surface area (Å²) in [5, 5.41) is 17.8. The normalized spacial score (nSPS) is 13.7. The highest BCUT2D eigenvalue weighted by molar-refractivity contribution is 5.85. The molecule has 0 aromatic heterocycles. The second-order valence-corrected chi connectivity index (χ2v) is 8.94. The van der Waals surface area contributed by atoms with Gasteiger partial charge >= 0.3 is 0 Å². The van der Waals surface area contributed by atoms with E-state index in [2.05, 4.69) is 34.1 Å². The standard InChI is InChI=1S/C30H32N4O2.ClH/c31-23-25-3-7-27(8-4-25)28-9-13-30(14-10-28)36-22-2-16-34-19-17-33(18-20-34)15-1-21-35-29-11-5-26(24-32)6-12-29;/h3-14H,1-2,15-22H2;1H. The lowest BCUT2D eigenvalue weighted by Crippen LogP contribution is -2.47. The molecule has 1 aliphatic heterocycles. The summed E-state index contributed by atoms with van der Waals surface area (Å²) >= 11 is 0. The molecule has 0 atom stereocenters. The topological polar surface area (TPSA) is 72.5 Å². The quantitative estimate of drug-likeness (QED) is 0.319. The number of halogens is 1. The van der Waals surface area contributed by atoms with Crippen LogP contribution in [-0.2, 0) is 0 Å². The van der Waals surface area contributed by atoms with Crippen LogP contribution in [0.5, 0.6) is 11.5 Å². The molecular formula is C30H33ClN4O2.